The van der Waals surface area contributed by atoms with E-state index in [2.05, 4.69) is 36.2 Å². The molecule has 1 aromatic heterocycles. The van der Waals surface area contributed by atoms with Crippen molar-refractivity contribution in [2.24, 2.45) is 11.3 Å². The Labute approximate surface area is 109 Å². The van der Waals surface area contributed by atoms with Gasteiger partial charge in [0.15, 0.2) is 5.82 Å². The van der Waals surface area contributed by atoms with Gasteiger partial charge in [-0.05, 0) is 37.1 Å². The van der Waals surface area contributed by atoms with Crippen LogP contribution in [0.4, 0.5) is 0 Å². The smallest absolute Gasteiger partial charge is 0.228 e. The van der Waals surface area contributed by atoms with E-state index in [1.807, 2.05) is 0 Å². The monoisotopic (exact) mass is 249 g/mol. The molecule has 4 nitrogen and oxygen atoms in total. The molecule has 100 valence electrons. The van der Waals surface area contributed by atoms with Crippen molar-refractivity contribution >= 4 is 0 Å². The normalized spacial score (nSPS) is 27.2. The second-order valence-electron chi connectivity index (χ2n) is 6.50. The molecule has 4 heteroatoms. The van der Waals surface area contributed by atoms with E-state index >= 15 is 0 Å². The second-order valence-corrected chi connectivity index (χ2v) is 6.50. The van der Waals surface area contributed by atoms with Crippen LogP contribution in [0.3, 0.4) is 0 Å². The van der Waals surface area contributed by atoms with E-state index in [4.69, 9.17) is 4.52 Å². The molecule has 2 unspecified atom stereocenters. The van der Waals surface area contributed by atoms with Crippen molar-refractivity contribution in [3.8, 4) is 0 Å². The molecular formula is C14H23N3O. The molecule has 18 heavy (non-hydrogen) atoms. The van der Waals surface area contributed by atoms with Crippen LogP contribution < -0.4 is 5.32 Å². The molecule has 0 radical (unpaired) electrons. The van der Waals surface area contributed by atoms with Gasteiger partial charge in [0.2, 0.25) is 5.89 Å². The molecule has 2 aliphatic rings. The lowest BCUT2D eigenvalue weighted by Gasteiger charge is -2.14. The van der Waals surface area contributed by atoms with Crippen LogP contribution in [0.2, 0.25) is 0 Å². The summed E-state index contributed by atoms with van der Waals surface area (Å²) in [6.45, 7) is 7.69. The van der Waals surface area contributed by atoms with E-state index in [1.165, 1.54) is 19.3 Å². The number of hydrogen-bond acceptors (Lipinski definition) is 4. The minimum atomic E-state index is 0.374. The molecular weight excluding hydrogens is 226 g/mol. The van der Waals surface area contributed by atoms with Gasteiger partial charge in [0.25, 0.3) is 0 Å². The molecule has 0 aromatic carbocycles. The molecule has 2 aliphatic carbocycles. The quantitative estimate of drug-likeness (QED) is 0.841. The van der Waals surface area contributed by atoms with E-state index < -0.39 is 0 Å². The van der Waals surface area contributed by atoms with Crippen LogP contribution >= 0.6 is 0 Å². The standard InChI is InChI=1S/C14H23N3O/c1-4-15-11(9-5-6-9)7-12-16-13(17-18-12)10-8-14(10,2)3/h9-11,15H,4-8H2,1-3H3. The van der Waals surface area contributed by atoms with Gasteiger partial charge < -0.3 is 9.84 Å². The van der Waals surface area contributed by atoms with E-state index in [0.717, 1.165) is 30.6 Å². The van der Waals surface area contributed by atoms with E-state index in [-0.39, 0.29) is 0 Å². The van der Waals surface area contributed by atoms with Crippen LogP contribution in [-0.4, -0.2) is 22.7 Å². The van der Waals surface area contributed by atoms with Crippen molar-refractivity contribution in [3.63, 3.8) is 0 Å². The Morgan fingerprint density at radius 1 is 1.44 bits per heavy atom. The van der Waals surface area contributed by atoms with Gasteiger partial charge in [0.05, 0.1) is 0 Å². The summed E-state index contributed by atoms with van der Waals surface area (Å²) in [5, 5.41) is 7.69. The average Bonchev–Trinajstić information content (AvgIpc) is 3.20. The Morgan fingerprint density at radius 2 is 2.17 bits per heavy atom. The highest BCUT2D eigenvalue weighted by molar-refractivity contribution is 5.14. The first-order valence-electron chi connectivity index (χ1n) is 7.16. The first-order valence-corrected chi connectivity index (χ1v) is 7.16. The minimum absolute atomic E-state index is 0.374. The summed E-state index contributed by atoms with van der Waals surface area (Å²) in [7, 11) is 0. The number of nitrogens with one attached hydrogen (secondary N) is 1. The molecule has 1 heterocycles. The summed E-state index contributed by atoms with van der Waals surface area (Å²) in [5.74, 6) is 3.05. The maximum Gasteiger partial charge on any atom is 0.228 e. The average molecular weight is 249 g/mol. The lowest BCUT2D eigenvalue weighted by molar-refractivity contribution is 0.344. The van der Waals surface area contributed by atoms with Crippen molar-refractivity contribution < 1.29 is 4.52 Å². The Bertz CT molecular complexity index is 422. The number of aromatic nitrogens is 2. The predicted octanol–water partition coefficient (Wildman–Crippen LogP) is 2.51. The molecule has 1 aromatic rings. The van der Waals surface area contributed by atoms with Crippen LogP contribution in [0.1, 0.15) is 57.7 Å². The van der Waals surface area contributed by atoms with Crippen molar-refractivity contribution in [2.45, 2.75) is 58.4 Å². The zero-order valence-corrected chi connectivity index (χ0v) is 11.6. The Kier molecular flexibility index (Phi) is 2.93. The van der Waals surface area contributed by atoms with Crippen molar-refractivity contribution in [1.29, 1.82) is 0 Å². The van der Waals surface area contributed by atoms with Gasteiger partial charge in [-0.3, -0.25) is 0 Å². The van der Waals surface area contributed by atoms with Gasteiger partial charge in [-0.2, -0.15) is 4.98 Å². The lowest BCUT2D eigenvalue weighted by atomic mass is 10.1. The van der Waals surface area contributed by atoms with Gasteiger partial charge in [-0.1, -0.05) is 25.9 Å². The summed E-state index contributed by atoms with van der Waals surface area (Å²) < 4.78 is 5.41. The molecule has 0 spiro atoms. The van der Waals surface area contributed by atoms with Crippen molar-refractivity contribution in [3.05, 3.63) is 11.7 Å². The molecule has 1 N–H and O–H groups in total. The van der Waals surface area contributed by atoms with Gasteiger partial charge in [0, 0.05) is 18.4 Å². The Balaban J connectivity index is 1.62. The molecule has 3 rings (SSSR count). The highest BCUT2D eigenvalue weighted by Gasteiger charge is 2.49. The third kappa shape index (κ3) is 2.44. The number of rotatable bonds is 6. The second kappa shape index (κ2) is 4.34. The minimum Gasteiger partial charge on any atom is -0.339 e. The highest BCUT2D eigenvalue weighted by atomic mass is 16.5. The molecule has 0 bridgehead atoms. The van der Waals surface area contributed by atoms with Crippen molar-refractivity contribution in [2.75, 3.05) is 6.54 Å². The fraction of sp³-hybridized carbons (Fsp3) is 0.857. The van der Waals surface area contributed by atoms with E-state index in [1.54, 1.807) is 0 Å². The molecule has 2 saturated carbocycles. The van der Waals surface area contributed by atoms with Gasteiger partial charge in [0.1, 0.15) is 0 Å². The first kappa shape index (κ1) is 12.2. The van der Waals surface area contributed by atoms with Crippen LogP contribution in [-0.2, 0) is 6.42 Å². The molecule has 2 atom stereocenters. The van der Waals surface area contributed by atoms with Crippen LogP contribution in [0.5, 0.6) is 0 Å². The fourth-order valence-electron chi connectivity index (χ4n) is 2.75. The van der Waals surface area contributed by atoms with Gasteiger partial charge in [-0.15, -0.1) is 0 Å². The van der Waals surface area contributed by atoms with Crippen LogP contribution in [0.15, 0.2) is 4.52 Å². The zero-order valence-electron chi connectivity index (χ0n) is 11.6. The highest BCUT2D eigenvalue weighted by Crippen LogP contribution is 2.57. The number of likely N-dealkylation sites (N-methyl/N-ethyl adjacent to an activating group) is 1. The summed E-state index contributed by atoms with van der Waals surface area (Å²) in [4.78, 5) is 4.58. The predicted molar refractivity (Wildman–Crippen MR) is 69.3 cm³/mol. The van der Waals surface area contributed by atoms with Gasteiger partial charge >= 0.3 is 0 Å². The first-order chi connectivity index (χ1) is 8.60. The third-order valence-electron chi connectivity index (χ3n) is 4.36. The lowest BCUT2D eigenvalue weighted by Crippen LogP contribution is -2.33. The molecule has 0 aliphatic heterocycles. The maximum atomic E-state index is 5.41. The molecule has 0 saturated heterocycles. The Hall–Kier alpha value is -0.900. The summed E-state index contributed by atoms with van der Waals surface area (Å²) >= 11 is 0. The van der Waals surface area contributed by atoms with Crippen LogP contribution in [0, 0.1) is 11.3 Å². The topological polar surface area (TPSA) is 51.0 Å². The SMILES string of the molecule is CCNC(Cc1nc(C2CC2(C)C)no1)C1CC1. The summed E-state index contributed by atoms with van der Waals surface area (Å²) in [6, 6.07) is 0.524. The maximum absolute atomic E-state index is 5.41. The van der Waals surface area contributed by atoms with E-state index in [9.17, 15) is 0 Å². The summed E-state index contributed by atoms with van der Waals surface area (Å²) in [6.07, 6.45) is 4.76. The van der Waals surface area contributed by atoms with E-state index in [0.29, 0.717) is 17.4 Å². The number of hydrogen-bond donors (Lipinski definition) is 1. The fourth-order valence-corrected chi connectivity index (χ4v) is 2.75. The largest absolute Gasteiger partial charge is 0.339 e. The third-order valence-corrected chi connectivity index (χ3v) is 4.36. The molecule has 0 amide bonds. The van der Waals surface area contributed by atoms with Crippen LogP contribution in [0.25, 0.3) is 0 Å². The van der Waals surface area contributed by atoms with Crippen molar-refractivity contribution in [1.82, 2.24) is 15.5 Å². The number of nitrogens with zero attached hydrogens (tertiary/aromatic N) is 2. The zero-order chi connectivity index (χ0) is 12.8. The van der Waals surface area contributed by atoms with Gasteiger partial charge in [-0.25, -0.2) is 0 Å². The molecule has 2 fully saturated rings. The Morgan fingerprint density at radius 3 is 2.72 bits per heavy atom. The summed E-state index contributed by atoms with van der Waals surface area (Å²) in [5.41, 5.74) is 0.374.